The predicted molar refractivity (Wildman–Crippen MR) is 131 cm³/mol. The van der Waals surface area contributed by atoms with Gasteiger partial charge in [-0.2, -0.15) is 0 Å². The second kappa shape index (κ2) is 12.3. The van der Waals surface area contributed by atoms with Crippen LogP contribution in [0.1, 0.15) is 66.5 Å². The van der Waals surface area contributed by atoms with Crippen LogP contribution in [0.5, 0.6) is 0 Å². The van der Waals surface area contributed by atoms with Gasteiger partial charge in [-0.3, -0.25) is 10.8 Å². The molecule has 2 aromatic carbocycles. The van der Waals surface area contributed by atoms with E-state index in [0.717, 1.165) is 5.56 Å². The van der Waals surface area contributed by atoms with Crippen LogP contribution in [-0.4, -0.2) is 45.6 Å². The number of nitrogens with zero attached hydrogens (tertiary/aromatic N) is 2. The van der Waals surface area contributed by atoms with Crippen molar-refractivity contribution < 1.29 is 8.78 Å². The monoisotopic (exact) mass is 444 g/mol. The fourth-order valence-electron chi connectivity index (χ4n) is 3.82. The lowest BCUT2D eigenvalue weighted by molar-refractivity contribution is 0.289. The summed E-state index contributed by atoms with van der Waals surface area (Å²) in [6.45, 7) is 16.1. The van der Waals surface area contributed by atoms with E-state index in [1.54, 1.807) is 4.90 Å². The maximum absolute atomic E-state index is 13.6. The van der Waals surface area contributed by atoms with Crippen molar-refractivity contribution in [2.24, 2.45) is 0 Å². The largest absolute Gasteiger partial charge is 0.352 e. The Balaban J connectivity index is 0.000000323. The minimum atomic E-state index is -0.693. The summed E-state index contributed by atoms with van der Waals surface area (Å²) >= 11 is 0. The molecule has 176 valence electrons. The highest BCUT2D eigenvalue weighted by atomic mass is 19.1. The van der Waals surface area contributed by atoms with Crippen molar-refractivity contribution in [3.8, 4) is 0 Å². The van der Waals surface area contributed by atoms with Crippen LogP contribution in [0.2, 0.25) is 0 Å². The van der Waals surface area contributed by atoms with Gasteiger partial charge in [-0.25, -0.2) is 8.78 Å². The van der Waals surface area contributed by atoms with Crippen LogP contribution in [-0.2, 0) is 0 Å². The van der Waals surface area contributed by atoms with E-state index >= 15 is 0 Å². The van der Waals surface area contributed by atoms with Gasteiger partial charge in [0.25, 0.3) is 0 Å². The number of hydrogen-bond acceptors (Lipinski definition) is 2. The molecule has 2 aromatic rings. The lowest BCUT2D eigenvalue weighted by Crippen LogP contribution is -2.42. The average molecular weight is 445 g/mol. The summed E-state index contributed by atoms with van der Waals surface area (Å²) in [7, 11) is 0. The molecule has 6 heteroatoms. The quantitative estimate of drug-likeness (QED) is 0.393. The summed E-state index contributed by atoms with van der Waals surface area (Å²) in [5, 5.41) is 16.1. The Hall–Kier alpha value is -2.76. The standard InChI is InChI=1S/C13H18F2N2.C13H20N2/c1-8(2)17(9(3)4)13(16)12-10(14)6-5-7-11(12)15;1-10(2)15(11(3)4)13(14)12-8-6-5-7-9-12/h5-9,16H,1-4H3;5-11,14H,1-4H3. The zero-order valence-electron chi connectivity index (χ0n) is 20.6. The first kappa shape index (κ1) is 27.3. The van der Waals surface area contributed by atoms with Crippen LogP contribution in [0.15, 0.2) is 48.5 Å². The van der Waals surface area contributed by atoms with E-state index < -0.39 is 11.6 Å². The molecule has 0 saturated carbocycles. The van der Waals surface area contributed by atoms with E-state index in [1.165, 1.54) is 18.2 Å². The Kier molecular flexibility index (Phi) is 10.5. The second-order valence-electron chi connectivity index (χ2n) is 8.85. The summed E-state index contributed by atoms with van der Waals surface area (Å²) in [6, 6.07) is 14.3. The van der Waals surface area contributed by atoms with E-state index in [2.05, 4.69) is 32.6 Å². The normalized spacial score (nSPS) is 10.9. The summed E-state index contributed by atoms with van der Waals surface area (Å²) in [5.41, 5.74) is 0.731. The molecular weight excluding hydrogens is 406 g/mol. The molecule has 0 amide bonds. The topological polar surface area (TPSA) is 54.2 Å². The van der Waals surface area contributed by atoms with Crippen molar-refractivity contribution in [3.05, 3.63) is 71.3 Å². The maximum Gasteiger partial charge on any atom is 0.137 e. The van der Waals surface area contributed by atoms with Crippen LogP contribution in [0.3, 0.4) is 0 Å². The van der Waals surface area contributed by atoms with Crippen molar-refractivity contribution in [2.75, 3.05) is 0 Å². The van der Waals surface area contributed by atoms with Gasteiger partial charge in [-0.15, -0.1) is 0 Å². The number of nitrogens with one attached hydrogen (secondary N) is 2. The molecule has 0 atom stereocenters. The molecule has 2 rings (SSSR count). The lowest BCUT2D eigenvalue weighted by Gasteiger charge is -2.33. The van der Waals surface area contributed by atoms with Crippen LogP contribution in [0, 0.1) is 22.5 Å². The van der Waals surface area contributed by atoms with Crippen molar-refractivity contribution in [1.29, 1.82) is 10.8 Å². The van der Waals surface area contributed by atoms with Gasteiger partial charge in [0, 0.05) is 29.7 Å². The molecule has 0 aliphatic rings. The first-order valence-electron chi connectivity index (χ1n) is 11.1. The minimum absolute atomic E-state index is 0.0153. The summed E-state index contributed by atoms with van der Waals surface area (Å²) in [5.74, 6) is -0.881. The first-order chi connectivity index (χ1) is 14.9. The molecule has 2 N–H and O–H groups in total. The van der Waals surface area contributed by atoms with Gasteiger partial charge in [0.1, 0.15) is 23.3 Å². The van der Waals surface area contributed by atoms with Crippen LogP contribution < -0.4 is 0 Å². The van der Waals surface area contributed by atoms with Gasteiger partial charge >= 0.3 is 0 Å². The SMILES string of the molecule is CC(C)N(C(=N)c1c(F)cccc1F)C(C)C.CC(C)N(C(=N)c1ccccc1)C(C)C. The molecule has 0 bridgehead atoms. The zero-order valence-corrected chi connectivity index (χ0v) is 20.6. The third kappa shape index (κ3) is 7.14. The maximum atomic E-state index is 13.6. The fraction of sp³-hybridized carbons (Fsp3) is 0.462. The van der Waals surface area contributed by atoms with Gasteiger partial charge in [0.15, 0.2) is 0 Å². The molecule has 0 unspecified atom stereocenters. The van der Waals surface area contributed by atoms with Gasteiger partial charge < -0.3 is 9.80 Å². The molecule has 4 nitrogen and oxygen atoms in total. The first-order valence-corrected chi connectivity index (χ1v) is 11.1. The Bertz CT molecular complexity index is 840. The molecular formula is C26H38F2N4. The van der Waals surface area contributed by atoms with Crippen molar-refractivity contribution in [1.82, 2.24) is 9.80 Å². The van der Waals surface area contributed by atoms with Gasteiger partial charge in [0.2, 0.25) is 0 Å². The van der Waals surface area contributed by atoms with E-state index in [-0.39, 0.29) is 23.5 Å². The van der Waals surface area contributed by atoms with Crippen LogP contribution in [0.25, 0.3) is 0 Å². The fourth-order valence-corrected chi connectivity index (χ4v) is 3.82. The molecule has 0 radical (unpaired) electrons. The summed E-state index contributed by atoms with van der Waals surface area (Å²) < 4.78 is 27.2. The molecule has 0 aliphatic heterocycles. The molecule has 0 fully saturated rings. The molecule has 0 aliphatic carbocycles. The third-order valence-electron chi connectivity index (χ3n) is 4.99. The number of benzene rings is 2. The highest BCUT2D eigenvalue weighted by Gasteiger charge is 2.23. The minimum Gasteiger partial charge on any atom is -0.352 e. The van der Waals surface area contributed by atoms with Gasteiger partial charge in [0.05, 0.1) is 5.56 Å². The summed E-state index contributed by atoms with van der Waals surface area (Å²) in [4.78, 5) is 3.80. The number of amidine groups is 2. The van der Waals surface area contributed by atoms with Crippen molar-refractivity contribution >= 4 is 11.7 Å². The van der Waals surface area contributed by atoms with E-state index in [1.807, 2.05) is 58.0 Å². The van der Waals surface area contributed by atoms with Gasteiger partial charge in [-0.05, 0) is 67.5 Å². The van der Waals surface area contributed by atoms with E-state index in [0.29, 0.717) is 17.9 Å². The molecule has 32 heavy (non-hydrogen) atoms. The van der Waals surface area contributed by atoms with Crippen LogP contribution >= 0.6 is 0 Å². The number of hydrogen-bond donors (Lipinski definition) is 2. The highest BCUT2D eigenvalue weighted by molar-refractivity contribution is 5.97. The Morgan fingerprint density at radius 3 is 1.34 bits per heavy atom. The van der Waals surface area contributed by atoms with Crippen molar-refractivity contribution in [3.63, 3.8) is 0 Å². The third-order valence-corrected chi connectivity index (χ3v) is 4.99. The molecule has 0 heterocycles. The van der Waals surface area contributed by atoms with Crippen LogP contribution in [0.4, 0.5) is 8.78 Å². The molecule has 0 spiro atoms. The van der Waals surface area contributed by atoms with E-state index in [9.17, 15) is 8.78 Å². The predicted octanol–water partition coefficient (Wildman–Crippen LogP) is 6.54. The highest BCUT2D eigenvalue weighted by Crippen LogP contribution is 2.18. The summed E-state index contributed by atoms with van der Waals surface area (Å²) in [6.07, 6.45) is 0. The number of halogens is 2. The van der Waals surface area contributed by atoms with Crippen molar-refractivity contribution in [2.45, 2.75) is 79.6 Å². The number of rotatable bonds is 6. The second-order valence-corrected chi connectivity index (χ2v) is 8.85. The Labute approximate surface area is 192 Å². The molecule has 0 aromatic heterocycles. The Morgan fingerprint density at radius 2 is 0.969 bits per heavy atom. The van der Waals surface area contributed by atoms with E-state index in [4.69, 9.17) is 10.8 Å². The smallest absolute Gasteiger partial charge is 0.137 e. The zero-order chi connectivity index (χ0) is 24.6. The van der Waals surface area contributed by atoms with Gasteiger partial charge in [-0.1, -0.05) is 36.4 Å². The lowest BCUT2D eigenvalue weighted by atomic mass is 10.1. The Morgan fingerprint density at radius 1 is 0.594 bits per heavy atom. The molecule has 0 saturated heterocycles. The average Bonchev–Trinajstić information content (AvgIpc) is 2.68.